The zero-order chi connectivity index (χ0) is 23.7. The first kappa shape index (κ1) is 22.0. The first-order chi connectivity index (χ1) is 16.5. The molecule has 0 spiro atoms. The van der Waals surface area contributed by atoms with E-state index in [0.29, 0.717) is 36.8 Å². The van der Waals surface area contributed by atoms with Crippen molar-refractivity contribution in [2.75, 3.05) is 13.3 Å². The van der Waals surface area contributed by atoms with Gasteiger partial charge < -0.3 is 24.2 Å². The fourth-order valence-corrected chi connectivity index (χ4v) is 4.46. The predicted molar refractivity (Wildman–Crippen MR) is 125 cm³/mol. The highest BCUT2D eigenvalue weighted by atomic mass is 16.7. The summed E-state index contributed by atoms with van der Waals surface area (Å²) in [5, 5.41) is 7.00. The minimum absolute atomic E-state index is 0.177. The molecule has 3 aromatic rings. The molecule has 34 heavy (non-hydrogen) atoms. The molecule has 2 aromatic carbocycles. The lowest BCUT2D eigenvalue weighted by Gasteiger charge is -2.34. The Morgan fingerprint density at radius 1 is 1.06 bits per heavy atom. The lowest BCUT2D eigenvalue weighted by atomic mass is 10.00. The number of hydrogen-bond donors (Lipinski definition) is 1. The molecule has 176 valence electrons. The molecule has 1 saturated heterocycles. The second-order valence-corrected chi connectivity index (χ2v) is 8.81. The van der Waals surface area contributed by atoms with E-state index in [1.165, 1.54) is 0 Å². The molecule has 2 aliphatic heterocycles. The van der Waals surface area contributed by atoms with Crippen molar-refractivity contribution >= 4 is 11.8 Å². The summed E-state index contributed by atoms with van der Waals surface area (Å²) < 4.78 is 16.3. The van der Waals surface area contributed by atoms with Crippen LogP contribution in [0.15, 0.2) is 47.0 Å². The van der Waals surface area contributed by atoms with Crippen LogP contribution in [0.25, 0.3) is 11.3 Å². The average molecular weight is 462 g/mol. The van der Waals surface area contributed by atoms with Crippen LogP contribution in [-0.4, -0.2) is 41.3 Å². The number of piperidine rings is 1. The molecule has 5 rings (SSSR count). The minimum atomic E-state index is -0.545. The number of benzene rings is 2. The summed E-state index contributed by atoms with van der Waals surface area (Å²) in [7, 11) is 0. The van der Waals surface area contributed by atoms with Crippen LogP contribution in [0, 0.1) is 13.8 Å². The number of aromatic nitrogens is 1. The lowest BCUT2D eigenvalue weighted by Crippen LogP contribution is -2.51. The number of hydrogen-bond acceptors (Lipinski definition) is 6. The van der Waals surface area contributed by atoms with Gasteiger partial charge in [0.05, 0.1) is 0 Å². The quantitative estimate of drug-likeness (QED) is 0.617. The Morgan fingerprint density at radius 2 is 1.91 bits per heavy atom. The smallest absolute Gasteiger partial charge is 0.276 e. The molecule has 1 unspecified atom stereocenters. The van der Waals surface area contributed by atoms with Gasteiger partial charge in [0.1, 0.15) is 6.04 Å². The van der Waals surface area contributed by atoms with Gasteiger partial charge in [0.2, 0.25) is 12.7 Å². The van der Waals surface area contributed by atoms with Gasteiger partial charge in [0.15, 0.2) is 23.0 Å². The van der Waals surface area contributed by atoms with Gasteiger partial charge in [0.25, 0.3) is 5.91 Å². The van der Waals surface area contributed by atoms with Crippen molar-refractivity contribution in [1.29, 1.82) is 0 Å². The number of nitrogens with one attached hydrogen (secondary N) is 1. The van der Waals surface area contributed by atoms with Crippen molar-refractivity contribution in [3.8, 4) is 22.8 Å². The highest BCUT2D eigenvalue weighted by Gasteiger charge is 2.34. The number of carbonyl (C=O) groups excluding carboxylic acids is 2. The Kier molecular flexibility index (Phi) is 5.96. The van der Waals surface area contributed by atoms with E-state index in [1.54, 1.807) is 11.0 Å². The van der Waals surface area contributed by atoms with Gasteiger partial charge in [0, 0.05) is 24.7 Å². The molecule has 0 aliphatic carbocycles. The molecule has 2 aliphatic rings. The standard InChI is InChI=1S/C26H27N3O5/c1-16-6-7-17(2)19(11-16)23-13-20(28-34-23)26(31)29-10-4-3-5-21(29)25(30)27-14-18-8-9-22-24(12-18)33-15-32-22/h6-9,11-13,21H,3-5,10,14-15H2,1-2H3,(H,27,30). The number of likely N-dealkylation sites (tertiary alicyclic amines) is 1. The fourth-order valence-electron chi connectivity index (χ4n) is 4.46. The number of carbonyl (C=O) groups is 2. The summed E-state index contributed by atoms with van der Waals surface area (Å²) in [5.74, 6) is 1.46. The fraction of sp³-hybridized carbons (Fsp3) is 0.346. The maximum atomic E-state index is 13.3. The highest BCUT2D eigenvalue weighted by molar-refractivity contribution is 5.97. The first-order valence-electron chi connectivity index (χ1n) is 11.5. The molecule has 8 heteroatoms. The van der Waals surface area contributed by atoms with Crippen molar-refractivity contribution < 1.29 is 23.6 Å². The van der Waals surface area contributed by atoms with E-state index < -0.39 is 6.04 Å². The van der Waals surface area contributed by atoms with Crippen molar-refractivity contribution in [1.82, 2.24) is 15.4 Å². The number of fused-ring (bicyclic) bond motifs is 1. The molecule has 0 bridgehead atoms. The van der Waals surface area contributed by atoms with E-state index in [1.807, 2.05) is 50.2 Å². The van der Waals surface area contributed by atoms with Crippen LogP contribution in [0.5, 0.6) is 11.5 Å². The largest absolute Gasteiger partial charge is 0.454 e. The van der Waals surface area contributed by atoms with Gasteiger partial charge in [-0.05, 0) is 62.4 Å². The average Bonchev–Trinajstić information content (AvgIpc) is 3.53. The Morgan fingerprint density at radius 3 is 2.79 bits per heavy atom. The molecule has 1 N–H and O–H groups in total. The van der Waals surface area contributed by atoms with Crippen molar-refractivity contribution in [3.63, 3.8) is 0 Å². The van der Waals surface area contributed by atoms with E-state index in [2.05, 4.69) is 10.5 Å². The van der Waals surface area contributed by atoms with Crippen LogP contribution in [0.4, 0.5) is 0 Å². The Hall–Kier alpha value is -3.81. The van der Waals surface area contributed by atoms with Crippen LogP contribution in [0.1, 0.15) is 46.4 Å². The molecule has 1 atom stereocenters. The summed E-state index contributed by atoms with van der Waals surface area (Å²) in [4.78, 5) is 28.0. The second-order valence-electron chi connectivity index (χ2n) is 8.81. The Bertz CT molecular complexity index is 1230. The van der Waals surface area contributed by atoms with Crippen LogP contribution >= 0.6 is 0 Å². The summed E-state index contributed by atoms with van der Waals surface area (Å²) in [5.41, 5.74) is 4.16. The SMILES string of the molecule is Cc1ccc(C)c(-c2cc(C(=O)N3CCCCC3C(=O)NCc3ccc4c(c3)OCO4)no2)c1. The number of ether oxygens (including phenoxy) is 2. The molecule has 8 nitrogen and oxygen atoms in total. The zero-order valence-electron chi connectivity index (χ0n) is 19.3. The summed E-state index contributed by atoms with van der Waals surface area (Å²) in [6.45, 7) is 5.05. The third kappa shape index (κ3) is 4.35. The molecule has 3 heterocycles. The first-order valence-corrected chi connectivity index (χ1v) is 11.5. The molecule has 2 amide bonds. The third-order valence-electron chi connectivity index (χ3n) is 6.36. The van der Waals surface area contributed by atoms with Gasteiger partial charge in [-0.2, -0.15) is 0 Å². The zero-order valence-corrected chi connectivity index (χ0v) is 19.3. The van der Waals surface area contributed by atoms with E-state index in [-0.39, 0.29) is 24.3 Å². The van der Waals surface area contributed by atoms with E-state index in [9.17, 15) is 9.59 Å². The van der Waals surface area contributed by atoms with Crippen LogP contribution < -0.4 is 14.8 Å². The minimum Gasteiger partial charge on any atom is -0.454 e. The third-order valence-corrected chi connectivity index (χ3v) is 6.36. The van der Waals surface area contributed by atoms with Gasteiger partial charge in [-0.1, -0.05) is 28.9 Å². The number of nitrogens with zero attached hydrogens (tertiary/aromatic N) is 2. The van der Waals surface area contributed by atoms with Crippen LogP contribution in [-0.2, 0) is 11.3 Å². The predicted octanol–water partition coefficient (Wildman–Crippen LogP) is 4.00. The topological polar surface area (TPSA) is 93.9 Å². The van der Waals surface area contributed by atoms with E-state index >= 15 is 0 Å². The molecule has 1 aromatic heterocycles. The van der Waals surface area contributed by atoms with E-state index in [4.69, 9.17) is 14.0 Å². The second kappa shape index (κ2) is 9.21. The van der Waals surface area contributed by atoms with Crippen molar-refractivity contribution in [3.05, 3.63) is 64.8 Å². The van der Waals surface area contributed by atoms with Crippen LogP contribution in [0.3, 0.4) is 0 Å². The summed E-state index contributed by atoms with van der Waals surface area (Å²) in [6, 6.07) is 12.8. The number of amides is 2. The maximum absolute atomic E-state index is 13.3. The number of aryl methyl sites for hydroxylation is 2. The monoisotopic (exact) mass is 461 g/mol. The molecular weight excluding hydrogens is 434 g/mol. The normalized spacial score (nSPS) is 17.0. The molecular formula is C26H27N3O5. The Labute approximate surface area is 197 Å². The molecule has 0 radical (unpaired) electrons. The lowest BCUT2D eigenvalue weighted by molar-refractivity contribution is -0.126. The summed E-state index contributed by atoms with van der Waals surface area (Å²) >= 11 is 0. The maximum Gasteiger partial charge on any atom is 0.276 e. The van der Waals surface area contributed by atoms with Crippen LogP contribution in [0.2, 0.25) is 0 Å². The molecule has 0 saturated carbocycles. The van der Waals surface area contributed by atoms with Gasteiger partial charge in [-0.25, -0.2) is 0 Å². The molecule has 1 fully saturated rings. The van der Waals surface area contributed by atoms with Gasteiger partial charge >= 0.3 is 0 Å². The van der Waals surface area contributed by atoms with Gasteiger partial charge in [-0.3, -0.25) is 9.59 Å². The Balaban J connectivity index is 1.28. The highest BCUT2D eigenvalue weighted by Crippen LogP contribution is 2.32. The van der Waals surface area contributed by atoms with E-state index in [0.717, 1.165) is 35.1 Å². The summed E-state index contributed by atoms with van der Waals surface area (Å²) in [6.07, 6.45) is 2.35. The van der Waals surface area contributed by atoms with Gasteiger partial charge in [-0.15, -0.1) is 0 Å². The van der Waals surface area contributed by atoms with Crippen molar-refractivity contribution in [2.24, 2.45) is 0 Å². The number of rotatable bonds is 5. The van der Waals surface area contributed by atoms with Crippen molar-refractivity contribution in [2.45, 2.75) is 45.7 Å².